The third-order valence-corrected chi connectivity index (χ3v) is 3.06. The summed E-state index contributed by atoms with van der Waals surface area (Å²) in [6, 6.07) is 4.68. The summed E-state index contributed by atoms with van der Waals surface area (Å²) >= 11 is 0. The van der Waals surface area contributed by atoms with Crippen LogP contribution in [0, 0.1) is 19.7 Å². The fourth-order valence-electron chi connectivity index (χ4n) is 1.80. The van der Waals surface area contributed by atoms with Crippen molar-refractivity contribution in [2.45, 2.75) is 33.6 Å². The van der Waals surface area contributed by atoms with Crippen molar-refractivity contribution in [3.05, 3.63) is 41.0 Å². The maximum atomic E-state index is 13.8. The molecular formula is C15H19FN4O. The number of ether oxygens (including phenoxy) is 1. The highest BCUT2D eigenvalue weighted by molar-refractivity contribution is 5.49. The summed E-state index contributed by atoms with van der Waals surface area (Å²) in [7, 11) is 0. The van der Waals surface area contributed by atoms with Crippen molar-refractivity contribution < 1.29 is 9.13 Å². The van der Waals surface area contributed by atoms with Crippen molar-refractivity contribution in [1.82, 2.24) is 9.97 Å². The lowest BCUT2D eigenvalue weighted by Crippen LogP contribution is -2.13. The highest BCUT2D eigenvalue weighted by atomic mass is 19.1. The van der Waals surface area contributed by atoms with E-state index in [2.05, 4.69) is 15.4 Å². The first-order chi connectivity index (χ1) is 9.92. The normalized spacial score (nSPS) is 10.8. The molecular weight excluding hydrogens is 271 g/mol. The Morgan fingerprint density at radius 2 is 1.95 bits per heavy atom. The Labute approximate surface area is 123 Å². The monoisotopic (exact) mass is 290 g/mol. The van der Waals surface area contributed by atoms with Crippen LogP contribution in [-0.2, 0) is 0 Å². The molecule has 1 aromatic heterocycles. The fraction of sp³-hybridized carbons (Fsp3) is 0.333. The van der Waals surface area contributed by atoms with Crippen LogP contribution >= 0.6 is 0 Å². The number of hydrogen-bond acceptors (Lipinski definition) is 5. The highest BCUT2D eigenvalue weighted by Crippen LogP contribution is 2.30. The van der Waals surface area contributed by atoms with E-state index in [1.54, 1.807) is 19.1 Å². The van der Waals surface area contributed by atoms with Gasteiger partial charge in [-0.2, -0.15) is 4.98 Å². The summed E-state index contributed by atoms with van der Waals surface area (Å²) in [6.07, 6.45) is 0. The molecule has 2 aromatic rings. The molecule has 21 heavy (non-hydrogen) atoms. The lowest BCUT2D eigenvalue weighted by Gasteiger charge is -2.14. The maximum absolute atomic E-state index is 13.8. The lowest BCUT2D eigenvalue weighted by molar-refractivity contribution is 0.420. The van der Waals surface area contributed by atoms with Gasteiger partial charge in [0.05, 0.1) is 5.56 Å². The summed E-state index contributed by atoms with van der Waals surface area (Å²) in [6.45, 7) is 7.55. The molecule has 0 aliphatic carbocycles. The van der Waals surface area contributed by atoms with E-state index in [1.807, 2.05) is 20.8 Å². The molecule has 0 unspecified atom stereocenters. The number of nitrogens with two attached hydrogens (primary N) is 1. The van der Waals surface area contributed by atoms with Crippen molar-refractivity contribution in [3.63, 3.8) is 0 Å². The molecule has 0 saturated heterocycles. The number of aromatic nitrogens is 2. The van der Waals surface area contributed by atoms with E-state index in [9.17, 15) is 4.39 Å². The van der Waals surface area contributed by atoms with E-state index in [0.29, 0.717) is 23.1 Å². The Balaban J connectivity index is 2.47. The van der Waals surface area contributed by atoms with E-state index in [0.717, 1.165) is 5.56 Å². The van der Waals surface area contributed by atoms with Gasteiger partial charge < -0.3 is 10.2 Å². The van der Waals surface area contributed by atoms with E-state index in [-0.39, 0.29) is 11.7 Å². The van der Waals surface area contributed by atoms with Gasteiger partial charge in [-0.05, 0) is 31.5 Å². The Morgan fingerprint density at radius 1 is 1.24 bits per heavy atom. The van der Waals surface area contributed by atoms with E-state index in [1.165, 1.54) is 6.07 Å². The van der Waals surface area contributed by atoms with Gasteiger partial charge in [0.15, 0.2) is 17.4 Å². The first kappa shape index (κ1) is 15.2. The standard InChI is InChI=1S/C15H19FN4O/c1-8(2)13-18-14(20-17)10(4)15(19-13)21-12-7-9(3)5-6-11(12)16/h5-8H,17H2,1-4H3,(H,18,19,20). The molecule has 0 atom stereocenters. The van der Waals surface area contributed by atoms with Gasteiger partial charge in [-0.15, -0.1) is 0 Å². The van der Waals surface area contributed by atoms with Crippen LogP contribution in [0.4, 0.5) is 10.2 Å². The summed E-state index contributed by atoms with van der Waals surface area (Å²) < 4.78 is 19.5. The molecule has 0 bridgehead atoms. The predicted molar refractivity (Wildman–Crippen MR) is 79.9 cm³/mol. The summed E-state index contributed by atoms with van der Waals surface area (Å²) in [5.41, 5.74) is 4.05. The number of nitrogen functional groups attached to an aromatic ring is 1. The number of benzene rings is 1. The first-order valence-electron chi connectivity index (χ1n) is 6.71. The minimum Gasteiger partial charge on any atom is -0.435 e. The van der Waals surface area contributed by atoms with Crippen LogP contribution in [0.1, 0.15) is 36.7 Å². The number of hydrazine groups is 1. The summed E-state index contributed by atoms with van der Waals surface area (Å²) in [5.74, 6) is 6.61. The average molecular weight is 290 g/mol. The molecule has 6 heteroatoms. The molecule has 0 radical (unpaired) electrons. The van der Waals surface area contributed by atoms with Crippen LogP contribution in [0.3, 0.4) is 0 Å². The molecule has 2 rings (SSSR count). The van der Waals surface area contributed by atoms with Crippen LogP contribution in [0.15, 0.2) is 18.2 Å². The minimum absolute atomic E-state index is 0.0995. The summed E-state index contributed by atoms with van der Waals surface area (Å²) in [4.78, 5) is 8.66. The zero-order valence-electron chi connectivity index (χ0n) is 12.6. The van der Waals surface area contributed by atoms with Crippen LogP contribution in [0.5, 0.6) is 11.6 Å². The lowest BCUT2D eigenvalue weighted by atomic mass is 10.2. The number of aryl methyl sites for hydroxylation is 1. The largest absolute Gasteiger partial charge is 0.435 e. The van der Waals surface area contributed by atoms with Crippen molar-refractivity contribution in [2.75, 3.05) is 5.43 Å². The second-order valence-electron chi connectivity index (χ2n) is 5.20. The van der Waals surface area contributed by atoms with Crippen LogP contribution in [0.25, 0.3) is 0 Å². The molecule has 0 aliphatic rings. The third kappa shape index (κ3) is 3.28. The van der Waals surface area contributed by atoms with Gasteiger partial charge in [0.2, 0.25) is 5.88 Å². The van der Waals surface area contributed by atoms with E-state index in [4.69, 9.17) is 10.6 Å². The number of nitrogens with one attached hydrogen (secondary N) is 1. The number of rotatable bonds is 4. The van der Waals surface area contributed by atoms with Gasteiger partial charge >= 0.3 is 0 Å². The zero-order chi connectivity index (χ0) is 15.6. The number of halogens is 1. The molecule has 5 nitrogen and oxygen atoms in total. The van der Waals surface area contributed by atoms with Crippen LogP contribution < -0.4 is 16.0 Å². The molecule has 112 valence electrons. The smallest absolute Gasteiger partial charge is 0.227 e. The van der Waals surface area contributed by atoms with Gasteiger partial charge in [-0.1, -0.05) is 19.9 Å². The molecule has 0 aliphatic heterocycles. The quantitative estimate of drug-likeness (QED) is 0.666. The van der Waals surface area contributed by atoms with Gasteiger partial charge in [0.25, 0.3) is 0 Å². The number of nitrogens with zero attached hydrogens (tertiary/aromatic N) is 2. The Morgan fingerprint density at radius 3 is 2.57 bits per heavy atom. The Hall–Kier alpha value is -2.21. The Kier molecular flexibility index (Phi) is 4.37. The van der Waals surface area contributed by atoms with Crippen LogP contribution in [-0.4, -0.2) is 9.97 Å². The highest BCUT2D eigenvalue weighted by Gasteiger charge is 2.15. The molecule has 0 saturated carbocycles. The topological polar surface area (TPSA) is 73.1 Å². The van der Waals surface area contributed by atoms with Gasteiger partial charge in [-0.3, -0.25) is 0 Å². The molecule has 0 amide bonds. The van der Waals surface area contributed by atoms with E-state index >= 15 is 0 Å². The van der Waals surface area contributed by atoms with Gasteiger partial charge in [0, 0.05) is 5.92 Å². The van der Waals surface area contributed by atoms with Gasteiger partial charge in [-0.25, -0.2) is 15.2 Å². The Bertz CT molecular complexity index is 658. The second-order valence-corrected chi connectivity index (χ2v) is 5.20. The van der Waals surface area contributed by atoms with Crippen molar-refractivity contribution in [1.29, 1.82) is 0 Å². The molecule has 1 aromatic carbocycles. The van der Waals surface area contributed by atoms with E-state index < -0.39 is 5.82 Å². The third-order valence-electron chi connectivity index (χ3n) is 3.06. The van der Waals surface area contributed by atoms with Crippen molar-refractivity contribution in [3.8, 4) is 11.6 Å². The number of anilines is 1. The molecule has 0 spiro atoms. The van der Waals surface area contributed by atoms with Crippen LogP contribution in [0.2, 0.25) is 0 Å². The SMILES string of the molecule is Cc1ccc(F)c(Oc2nc(C(C)C)nc(NN)c2C)c1. The molecule has 3 N–H and O–H groups in total. The second kappa shape index (κ2) is 6.05. The molecule has 0 fully saturated rings. The minimum atomic E-state index is -0.438. The first-order valence-corrected chi connectivity index (χ1v) is 6.71. The molecule has 1 heterocycles. The number of hydrogen-bond donors (Lipinski definition) is 2. The fourth-order valence-corrected chi connectivity index (χ4v) is 1.80. The predicted octanol–water partition coefficient (Wildman–Crippen LogP) is 3.43. The van der Waals surface area contributed by atoms with Crippen molar-refractivity contribution in [2.24, 2.45) is 5.84 Å². The van der Waals surface area contributed by atoms with Gasteiger partial charge in [0.1, 0.15) is 5.82 Å². The maximum Gasteiger partial charge on any atom is 0.227 e. The average Bonchev–Trinajstić information content (AvgIpc) is 2.44. The zero-order valence-corrected chi connectivity index (χ0v) is 12.6. The summed E-state index contributed by atoms with van der Waals surface area (Å²) in [5, 5.41) is 0. The van der Waals surface area contributed by atoms with Crippen molar-refractivity contribution >= 4 is 5.82 Å².